The van der Waals surface area contributed by atoms with Crippen LogP contribution in [0, 0.1) is 11.2 Å². The summed E-state index contributed by atoms with van der Waals surface area (Å²) in [6.07, 6.45) is 1.42. The number of nitrogens with one attached hydrogen (secondary N) is 1. The number of hydrogen-bond acceptors (Lipinski definition) is 2. The lowest BCUT2D eigenvalue weighted by molar-refractivity contribution is -0.132. The maximum absolute atomic E-state index is 13.3. The molecule has 0 radical (unpaired) electrons. The van der Waals surface area contributed by atoms with E-state index in [0.29, 0.717) is 35.7 Å². The molecule has 3 rings (SSSR count). The lowest BCUT2D eigenvalue weighted by atomic mass is 9.80. The quantitative estimate of drug-likeness (QED) is 0.859. The number of carbonyl (C=O) groups excluding carboxylic acids is 2. The fourth-order valence-electron chi connectivity index (χ4n) is 3.45. The van der Waals surface area contributed by atoms with E-state index in [9.17, 15) is 14.0 Å². The molecule has 1 aliphatic heterocycles. The number of piperidine rings is 1. The summed E-state index contributed by atoms with van der Waals surface area (Å²) < 4.78 is 13.3. The van der Waals surface area contributed by atoms with Crippen LogP contribution < -0.4 is 5.32 Å². The van der Waals surface area contributed by atoms with Crippen LogP contribution in [0.4, 0.5) is 4.39 Å². The summed E-state index contributed by atoms with van der Waals surface area (Å²) in [4.78, 5) is 27.3. The predicted molar refractivity (Wildman–Crippen MR) is 103 cm³/mol. The highest BCUT2D eigenvalue weighted by Crippen LogP contribution is 2.31. The third-order valence-corrected chi connectivity index (χ3v) is 5.31. The van der Waals surface area contributed by atoms with Crippen LogP contribution in [0.3, 0.4) is 0 Å². The Labute approximate surface area is 163 Å². The Morgan fingerprint density at radius 1 is 1.22 bits per heavy atom. The zero-order chi connectivity index (χ0) is 19.4. The van der Waals surface area contributed by atoms with E-state index in [1.165, 1.54) is 12.1 Å². The van der Waals surface area contributed by atoms with E-state index in [1.54, 1.807) is 41.3 Å². The molecule has 1 saturated heterocycles. The maximum atomic E-state index is 13.3. The first kappa shape index (κ1) is 19.4. The molecular weight excluding hydrogens is 367 g/mol. The summed E-state index contributed by atoms with van der Waals surface area (Å²) in [6, 6.07) is 13.1. The van der Waals surface area contributed by atoms with Crippen LogP contribution in [0.15, 0.2) is 48.5 Å². The van der Waals surface area contributed by atoms with Crippen molar-refractivity contribution in [3.8, 4) is 0 Å². The van der Waals surface area contributed by atoms with Gasteiger partial charge in [0, 0.05) is 19.6 Å². The Hall–Kier alpha value is -2.40. The molecule has 6 heteroatoms. The molecule has 27 heavy (non-hydrogen) atoms. The van der Waals surface area contributed by atoms with E-state index >= 15 is 0 Å². The van der Waals surface area contributed by atoms with E-state index in [1.807, 2.05) is 6.92 Å². The van der Waals surface area contributed by atoms with Gasteiger partial charge in [0.1, 0.15) is 5.82 Å². The van der Waals surface area contributed by atoms with Gasteiger partial charge in [-0.2, -0.15) is 0 Å². The van der Waals surface area contributed by atoms with E-state index in [2.05, 4.69) is 5.32 Å². The Morgan fingerprint density at radius 3 is 2.74 bits per heavy atom. The zero-order valence-corrected chi connectivity index (χ0v) is 15.9. The van der Waals surface area contributed by atoms with Gasteiger partial charge in [-0.15, -0.1) is 0 Å². The van der Waals surface area contributed by atoms with Crippen molar-refractivity contribution in [1.82, 2.24) is 10.2 Å². The van der Waals surface area contributed by atoms with Gasteiger partial charge in [0.25, 0.3) is 5.91 Å². The Balaban J connectivity index is 1.67. The summed E-state index contributed by atoms with van der Waals surface area (Å²) in [6.45, 7) is 3.04. The second-order valence-electron chi connectivity index (χ2n) is 7.18. The molecule has 2 aromatic rings. The average Bonchev–Trinajstić information content (AvgIpc) is 2.66. The maximum Gasteiger partial charge on any atom is 0.255 e. The smallest absolute Gasteiger partial charge is 0.255 e. The Morgan fingerprint density at radius 2 is 2.00 bits per heavy atom. The highest BCUT2D eigenvalue weighted by atomic mass is 35.5. The first-order valence-corrected chi connectivity index (χ1v) is 9.33. The number of hydrogen-bond donors (Lipinski definition) is 1. The SMILES string of the molecule is CC1(C(=O)NCc2cccc(F)c2)CCCN(C(=O)c2ccccc2Cl)C1. The summed E-state index contributed by atoms with van der Waals surface area (Å²) >= 11 is 6.14. The fourth-order valence-corrected chi connectivity index (χ4v) is 3.66. The monoisotopic (exact) mass is 388 g/mol. The Bertz CT molecular complexity index is 858. The topological polar surface area (TPSA) is 49.4 Å². The molecule has 4 nitrogen and oxygen atoms in total. The van der Waals surface area contributed by atoms with Gasteiger partial charge in [0.15, 0.2) is 0 Å². The molecule has 1 heterocycles. The summed E-state index contributed by atoms with van der Waals surface area (Å²) in [5.41, 5.74) is 0.456. The van der Waals surface area contributed by atoms with Gasteiger partial charge in [-0.3, -0.25) is 9.59 Å². The van der Waals surface area contributed by atoms with Crippen LogP contribution in [0.1, 0.15) is 35.7 Å². The first-order valence-electron chi connectivity index (χ1n) is 8.96. The molecule has 2 aromatic carbocycles. The molecule has 0 aromatic heterocycles. The molecule has 1 fully saturated rings. The van der Waals surface area contributed by atoms with Crippen molar-refractivity contribution in [3.05, 3.63) is 70.5 Å². The van der Waals surface area contributed by atoms with Crippen LogP contribution in [0.2, 0.25) is 5.02 Å². The number of carbonyl (C=O) groups is 2. The highest BCUT2D eigenvalue weighted by Gasteiger charge is 2.39. The van der Waals surface area contributed by atoms with E-state index < -0.39 is 5.41 Å². The summed E-state index contributed by atoms with van der Waals surface area (Å²) in [5, 5.41) is 3.29. The number of likely N-dealkylation sites (tertiary alicyclic amines) is 1. The number of halogens is 2. The fraction of sp³-hybridized carbons (Fsp3) is 0.333. The lowest BCUT2D eigenvalue weighted by Gasteiger charge is -2.39. The van der Waals surface area contributed by atoms with E-state index in [0.717, 1.165) is 6.42 Å². The van der Waals surface area contributed by atoms with Crippen molar-refractivity contribution in [3.63, 3.8) is 0 Å². The molecule has 0 saturated carbocycles. The van der Waals surface area contributed by atoms with Crippen molar-refractivity contribution in [1.29, 1.82) is 0 Å². The van der Waals surface area contributed by atoms with Crippen molar-refractivity contribution < 1.29 is 14.0 Å². The van der Waals surface area contributed by atoms with Crippen LogP contribution in [-0.2, 0) is 11.3 Å². The van der Waals surface area contributed by atoms with Crippen LogP contribution in [-0.4, -0.2) is 29.8 Å². The largest absolute Gasteiger partial charge is 0.351 e. The molecule has 1 N–H and O–H groups in total. The lowest BCUT2D eigenvalue weighted by Crippen LogP contribution is -2.51. The molecule has 2 amide bonds. The van der Waals surface area contributed by atoms with Crippen LogP contribution >= 0.6 is 11.6 Å². The highest BCUT2D eigenvalue weighted by molar-refractivity contribution is 6.33. The number of amides is 2. The normalized spacial score (nSPS) is 19.6. The second-order valence-corrected chi connectivity index (χ2v) is 7.59. The third-order valence-electron chi connectivity index (χ3n) is 4.98. The van der Waals surface area contributed by atoms with Gasteiger partial charge in [-0.05, 0) is 49.6 Å². The van der Waals surface area contributed by atoms with E-state index in [-0.39, 0.29) is 24.2 Å². The Kier molecular flexibility index (Phi) is 5.80. The van der Waals surface area contributed by atoms with Crippen molar-refractivity contribution in [2.75, 3.05) is 13.1 Å². The third kappa shape index (κ3) is 4.48. The first-order chi connectivity index (χ1) is 12.9. The number of benzene rings is 2. The predicted octanol–water partition coefficient (Wildman–Crippen LogP) is 4.04. The van der Waals surface area contributed by atoms with Crippen molar-refractivity contribution in [2.24, 2.45) is 5.41 Å². The standard InChI is InChI=1S/C21H22ClFN2O2/c1-21(20(27)24-13-15-6-4-7-16(23)12-15)10-5-11-25(14-21)19(26)17-8-2-3-9-18(17)22/h2-4,6-9,12H,5,10-11,13-14H2,1H3,(H,24,27). The molecule has 0 spiro atoms. The molecule has 1 unspecified atom stereocenters. The minimum absolute atomic E-state index is 0.136. The summed E-state index contributed by atoms with van der Waals surface area (Å²) in [7, 11) is 0. The molecular formula is C21H22ClFN2O2. The molecule has 0 aliphatic carbocycles. The molecule has 1 atom stereocenters. The second kappa shape index (κ2) is 8.09. The van der Waals surface area contributed by atoms with Crippen molar-refractivity contribution >= 4 is 23.4 Å². The van der Waals surface area contributed by atoms with Gasteiger partial charge in [0.2, 0.25) is 5.91 Å². The van der Waals surface area contributed by atoms with Crippen LogP contribution in [0.5, 0.6) is 0 Å². The minimum atomic E-state index is -0.692. The van der Waals surface area contributed by atoms with E-state index in [4.69, 9.17) is 11.6 Å². The molecule has 1 aliphatic rings. The average molecular weight is 389 g/mol. The molecule has 0 bridgehead atoms. The minimum Gasteiger partial charge on any atom is -0.351 e. The zero-order valence-electron chi connectivity index (χ0n) is 15.2. The van der Waals surface area contributed by atoms with Gasteiger partial charge in [-0.1, -0.05) is 35.9 Å². The number of nitrogens with zero attached hydrogens (tertiary/aromatic N) is 1. The van der Waals surface area contributed by atoms with Crippen molar-refractivity contribution in [2.45, 2.75) is 26.3 Å². The van der Waals surface area contributed by atoms with Crippen LogP contribution in [0.25, 0.3) is 0 Å². The number of rotatable bonds is 4. The van der Waals surface area contributed by atoms with Gasteiger partial charge >= 0.3 is 0 Å². The van der Waals surface area contributed by atoms with Gasteiger partial charge in [-0.25, -0.2) is 4.39 Å². The van der Waals surface area contributed by atoms with Gasteiger partial charge in [0.05, 0.1) is 16.0 Å². The summed E-state index contributed by atoms with van der Waals surface area (Å²) in [5.74, 6) is -0.630. The van der Waals surface area contributed by atoms with Gasteiger partial charge < -0.3 is 10.2 Å². The molecule has 142 valence electrons.